The molecule has 0 aliphatic carbocycles. The lowest BCUT2D eigenvalue weighted by molar-refractivity contribution is -0.384. The van der Waals surface area contributed by atoms with Gasteiger partial charge in [-0.3, -0.25) is 10.1 Å². The number of aryl methyl sites for hydroxylation is 1. The highest BCUT2D eigenvalue weighted by Crippen LogP contribution is 2.27. The second-order valence-electron chi connectivity index (χ2n) is 3.66. The first-order valence-electron chi connectivity index (χ1n) is 5.23. The third-order valence-corrected chi connectivity index (χ3v) is 2.46. The standard InChI is InChI=1S/C11H15FN2O4/c1-7-4-9(13-6-11(17-2)18-3)10(14(15)16)5-8(7)12/h4-5,11,13H,6H2,1-3H3. The van der Waals surface area contributed by atoms with Gasteiger partial charge in [-0.15, -0.1) is 0 Å². The van der Waals surface area contributed by atoms with E-state index in [0.717, 1.165) is 6.07 Å². The SMILES string of the molecule is COC(CNc1cc(C)c(F)cc1[N+](=O)[O-])OC. The van der Waals surface area contributed by atoms with Crippen LogP contribution in [0.1, 0.15) is 5.56 Å². The lowest BCUT2D eigenvalue weighted by Crippen LogP contribution is -2.24. The Morgan fingerprint density at radius 2 is 2.06 bits per heavy atom. The maximum atomic E-state index is 13.3. The van der Waals surface area contributed by atoms with E-state index in [1.165, 1.54) is 27.2 Å². The Bertz CT molecular complexity index is 435. The molecule has 0 fully saturated rings. The van der Waals surface area contributed by atoms with Gasteiger partial charge < -0.3 is 14.8 Å². The van der Waals surface area contributed by atoms with Crippen molar-refractivity contribution in [2.75, 3.05) is 26.1 Å². The lowest BCUT2D eigenvalue weighted by Gasteiger charge is -2.15. The molecule has 0 heterocycles. The minimum absolute atomic E-state index is 0.221. The Balaban J connectivity index is 2.93. The first-order chi connectivity index (χ1) is 8.49. The van der Waals surface area contributed by atoms with Gasteiger partial charge in [0.25, 0.3) is 5.69 Å². The Morgan fingerprint density at radius 1 is 1.44 bits per heavy atom. The molecular formula is C11H15FN2O4. The summed E-state index contributed by atoms with van der Waals surface area (Å²) in [4.78, 5) is 10.2. The highest BCUT2D eigenvalue weighted by molar-refractivity contribution is 5.63. The summed E-state index contributed by atoms with van der Waals surface area (Å²) in [5.74, 6) is -0.609. The maximum absolute atomic E-state index is 13.3. The molecule has 7 heteroatoms. The number of methoxy groups -OCH3 is 2. The van der Waals surface area contributed by atoms with Crippen LogP contribution in [0.25, 0.3) is 0 Å². The number of rotatable bonds is 6. The number of nitro groups is 1. The zero-order valence-corrected chi connectivity index (χ0v) is 10.4. The van der Waals surface area contributed by atoms with Crippen molar-refractivity contribution in [3.8, 4) is 0 Å². The van der Waals surface area contributed by atoms with Gasteiger partial charge in [0, 0.05) is 14.2 Å². The van der Waals surface area contributed by atoms with Crippen molar-refractivity contribution in [2.24, 2.45) is 0 Å². The number of nitrogens with one attached hydrogen (secondary N) is 1. The third-order valence-electron chi connectivity index (χ3n) is 2.46. The minimum atomic E-state index is -0.639. The van der Waals surface area contributed by atoms with Crippen molar-refractivity contribution in [1.29, 1.82) is 0 Å². The summed E-state index contributed by atoms with van der Waals surface area (Å²) in [6.07, 6.45) is -0.532. The Labute approximate surface area is 104 Å². The van der Waals surface area contributed by atoms with E-state index in [1.807, 2.05) is 0 Å². The van der Waals surface area contributed by atoms with E-state index in [0.29, 0.717) is 5.56 Å². The van der Waals surface area contributed by atoms with Crippen LogP contribution in [-0.2, 0) is 9.47 Å². The fourth-order valence-corrected chi connectivity index (χ4v) is 1.42. The molecule has 0 aliphatic heterocycles. The quantitative estimate of drug-likeness (QED) is 0.480. The van der Waals surface area contributed by atoms with Crippen LogP contribution in [-0.4, -0.2) is 32.0 Å². The molecule has 0 bridgehead atoms. The van der Waals surface area contributed by atoms with E-state index < -0.39 is 17.0 Å². The van der Waals surface area contributed by atoms with Gasteiger partial charge in [-0.05, 0) is 18.6 Å². The van der Waals surface area contributed by atoms with Gasteiger partial charge in [0.05, 0.1) is 17.5 Å². The number of benzene rings is 1. The summed E-state index contributed by atoms with van der Waals surface area (Å²) in [5, 5.41) is 13.6. The molecule has 0 spiro atoms. The van der Waals surface area contributed by atoms with Crippen molar-refractivity contribution in [2.45, 2.75) is 13.2 Å². The second-order valence-corrected chi connectivity index (χ2v) is 3.66. The first-order valence-corrected chi connectivity index (χ1v) is 5.23. The van der Waals surface area contributed by atoms with Gasteiger partial charge in [-0.2, -0.15) is 0 Å². The number of hydrogen-bond acceptors (Lipinski definition) is 5. The Kier molecular flexibility index (Phi) is 4.99. The zero-order valence-electron chi connectivity index (χ0n) is 10.4. The zero-order chi connectivity index (χ0) is 13.7. The van der Waals surface area contributed by atoms with E-state index in [9.17, 15) is 14.5 Å². The van der Waals surface area contributed by atoms with Crippen molar-refractivity contribution in [1.82, 2.24) is 0 Å². The Hall–Kier alpha value is -1.73. The molecule has 100 valence electrons. The monoisotopic (exact) mass is 258 g/mol. The van der Waals surface area contributed by atoms with E-state index in [1.54, 1.807) is 0 Å². The summed E-state index contributed by atoms with van der Waals surface area (Å²) in [6, 6.07) is 2.28. The molecule has 0 atom stereocenters. The molecule has 1 aromatic carbocycles. The number of halogens is 1. The van der Waals surface area contributed by atoms with Gasteiger partial charge >= 0.3 is 0 Å². The summed E-state index contributed by atoms with van der Waals surface area (Å²) >= 11 is 0. The van der Waals surface area contributed by atoms with Gasteiger partial charge in [0.1, 0.15) is 11.5 Å². The van der Waals surface area contributed by atoms with E-state index in [4.69, 9.17) is 9.47 Å². The lowest BCUT2D eigenvalue weighted by atomic mass is 10.2. The predicted molar refractivity (Wildman–Crippen MR) is 64.1 cm³/mol. The van der Waals surface area contributed by atoms with Crippen LogP contribution in [0.5, 0.6) is 0 Å². The number of nitrogens with zero attached hydrogens (tertiary/aromatic N) is 1. The third kappa shape index (κ3) is 3.38. The molecule has 0 aromatic heterocycles. The van der Waals surface area contributed by atoms with Crippen molar-refractivity contribution in [3.05, 3.63) is 33.6 Å². The first kappa shape index (κ1) is 14.3. The molecule has 0 aliphatic rings. The normalized spacial score (nSPS) is 10.7. The van der Waals surface area contributed by atoms with E-state index in [-0.39, 0.29) is 17.9 Å². The Morgan fingerprint density at radius 3 is 2.56 bits per heavy atom. The molecule has 0 amide bonds. The topological polar surface area (TPSA) is 73.6 Å². The van der Waals surface area contributed by atoms with Crippen LogP contribution in [0.2, 0.25) is 0 Å². The average Bonchev–Trinajstić information content (AvgIpc) is 2.34. The van der Waals surface area contributed by atoms with Gasteiger partial charge in [0.15, 0.2) is 6.29 Å². The van der Waals surface area contributed by atoms with Crippen LogP contribution < -0.4 is 5.32 Å². The molecule has 0 radical (unpaired) electrons. The van der Waals surface area contributed by atoms with Crippen LogP contribution >= 0.6 is 0 Å². The van der Waals surface area contributed by atoms with Gasteiger partial charge in [-0.25, -0.2) is 4.39 Å². The molecule has 18 heavy (non-hydrogen) atoms. The van der Waals surface area contributed by atoms with E-state index >= 15 is 0 Å². The molecule has 1 N–H and O–H groups in total. The van der Waals surface area contributed by atoms with Crippen LogP contribution in [0, 0.1) is 22.9 Å². The number of anilines is 1. The maximum Gasteiger partial charge on any atom is 0.295 e. The highest BCUT2D eigenvalue weighted by Gasteiger charge is 2.17. The van der Waals surface area contributed by atoms with Crippen molar-refractivity contribution >= 4 is 11.4 Å². The fraction of sp³-hybridized carbons (Fsp3) is 0.455. The largest absolute Gasteiger partial charge is 0.374 e. The molecule has 1 aromatic rings. The number of nitro benzene ring substituents is 1. The van der Waals surface area contributed by atoms with Gasteiger partial charge in [0.2, 0.25) is 0 Å². The summed E-state index contributed by atoms with van der Waals surface area (Å²) in [5.41, 5.74) is 0.247. The molecule has 6 nitrogen and oxygen atoms in total. The van der Waals surface area contributed by atoms with Crippen LogP contribution in [0.15, 0.2) is 12.1 Å². The second kappa shape index (κ2) is 6.27. The predicted octanol–water partition coefficient (Wildman–Crippen LogP) is 2.07. The van der Waals surface area contributed by atoms with Gasteiger partial charge in [-0.1, -0.05) is 0 Å². The molecule has 0 saturated heterocycles. The van der Waals surface area contributed by atoms with Crippen molar-refractivity contribution in [3.63, 3.8) is 0 Å². The molecule has 1 rings (SSSR count). The average molecular weight is 258 g/mol. The number of hydrogen-bond donors (Lipinski definition) is 1. The number of ether oxygens (including phenoxy) is 2. The summed E-state index contributed by atoms with van der Waals surface area (Å²) in [7, 11) is 2.92. The van der Waals surface area contributed by atoms with Crippen LogP contribution in [0.3, 0.4) is 0 Å². The summed E-state index contributed by atoms with van der Waals surface area (Å²) in [6.45, 7) is 1.76. The minimum Gasteiger partial charge on any atom is -0.374 e. The molecule has 0 saturated carbocycles. The smallest absolute Gasteiger partial charge is 0.295 e. The summed E-state index contributed by atoms with van der Waals surface area (Å²) < 4.78 is 23.2. The van der Waals surface area contributed by atoms with E-state index in [2.05, 4.69) is 5.32 Å². The highest BCUT2D eigenvalue weighted by atomic mass is 19.1. The van der Waals surface area contributed by atoms with Crippen LogP contribution in [0.4, 0.5) is 15.8 Å². The molecular weight excluding hydrogens is 243 g/mol. The molecule has 0 unspecified atom stereocenters. The fourth-order valence-electron chi connectivity index (χ4n) is 1.42. The van der Waals surface area contributed by atoms with Crippen molar-refractivity contribution < 1.29 is 18.8 Å².